The van der Waals surface area contributed by atoms with E-state index in [0.29, 0.717) is 6.04 Å². The lowest BCUT2D eigenvalue weighted by molar-refractivity contribution is 0.374. The average Bonchev–Trinajstić information content (AvgIpc) is 2.34. The molecule has 1 N–H and O–H groups in total. The molecule has 0 aliphatic heterocycles. The van der Waals surface area contributed by atoms with Gasteiger partial charge in [-0.2, -0.15) is 0 Å². The van der Waals surface area contributed by atoms with Crippen LogP contribution in [0.4, 0.5) is 0 Å². The zero-order valence-electron chi connectivity index (χ0n) is 13.6. The van der Waals surface area contributed by atoms with E-state index in [0.717, 1.165) is 12.5 Å². The van der Waals surface area contributed by atoms with Gasteiger partial charge >= 0.3 is 0 Å². The zero-order chi connectivity index (χ0) is 14.4. The lowest BCUT2D eigenvalue weighted by atomic mass is 9.86. The molecule has 0 radical (unpaired) electrons. The van der Waals surface area contributed by atoms with Gasteiger partial charge in [0, 0.05) is 6.04 Å². The Morgan fingerprint density at radius 1 is 0.947 bits per heavy atom. The van der Waals surface area contributed by atoms with Crippen molar-refractivity contribution in [3.05, 3.63) is 34.4 Å². The van der Waals surface area contributed by atoms with Gasteiger partial charge in [-0.15, -0.1) is 0 Å². The van der Waals surface area contributed by atoms with Crippen LogP contribution >= 0.6 is 0 Å². The number of nitrogens with one attached hydrogen (secondary N) is 1. The second-order valence-electron chi connectivity index (χ2n) is 5.84. The smallest absolute Gasteiger partial charge is 0.0328 e. The first kappa shape index (κ1) is 16.2. The molecule has 0 spiro atoms. The fraction of sp³-hybridized carbons (Fsp3) is 0.667. The minimum absolute atomic E-state index is 0.510. The SMILES string of the molecule is CCNC(CC(CC)CC)c1c(C)cc(C)cc1C. The molecule has 0 aliphatic rings. The van der Waals surface area contributed by atoms with Crippen molar-refractivity contribution < 1.29 is 0 Å². The average molecular weight is 261 g/mol. The van der Waals surface area contributed by atoms with Gasteiger partial charge in [-0.05, 0) is 56.3 Å². The molecule has 1 heteroatoms. The van der Waals surface area contributed by atoms with Crippen LogP contribution in [0.5, 0.6) is 0 Å². The molecule has 1 atom stereocenters. The van der Waals surface area contributed by atoms with E-state index in [-0.39, 0.29) is 0 Å². The lowest BCUT2D eigenvalue weighted by Gasteiger charge is -2.26. The first-order valence-electron chi connectivity index (χ1n) is 7.84. The lowest BCUT2D eigenvalue weighted by Crippen LogP contribution is -2.25. The molecule has 0 saturated carbocycles. The van der Waals surface area contributed by atoms with Crippen molar-refractivity contribution in [3.8, 4) is 0 Å². The standard InChI is InChI=1S/C18H31N/c1-7-16(8-2)12-17(19-9-3)18-14(5)10-13(4)11-15(18)6/h10-11,16-17,19H,7-9,12H2,1-6H3. The fourth-order valence-corrected chi connectivity index (χ4v) is 3.25. The molecule has 0 amide bonds. The third-order valence-corrected chi connectivity index (χ3v) is 4.26. The van der Waals surface area contributed by atoms with Gasteiger partial charge in [0.1, 0.15) is 0 Å². The molecule has 19 heavy (non-hydrogen) atoms. The third kappa shape index (κ3) is 4.35. The quantitative estimate of drug-likeness (QED) is 0.721. The first-order valence-corrected chi connectivity index (χ1v) is 7.84. The molecular formula is C18H31N. The Kier molecular flexibility index (Phi) is 6.57. The van der Waals surface area contributed by atoms with Crippen LogP contribution in [0.1, 0.15) is 68.3 Å². The van der Waals surface area contributed by atoms with E-state index in [4.69, 9.17) is 0 Å². The van der Waals surface area contributed by atoms with Gasteiger partial charge in [0.15, 0.2) is 0 Å². The summed E-state index contributed by atoms with van der Waals surface area (Å²) in [6.45, 7) is 14.6. The van der Waals surface area contributed by atoms with Gasteiger partial charge in [0.05, 0.1) is 0 Å². The zero-order valence-corrected chi connectivity index (χ0v) is 13.6. The minimum Gasteiger partial charge on any atom is -0.310 e. The fourth-order valence-electron chi connectivity index (χ4n) is 3.25. The van der Waals surface area contributed by atoms with Crippen LogP contribution in [-0.2, 0) is 0 Å². The second-order valence-corrected chi connectivity index (χ2v) is 5.84. The molecule has 108 valence electrons. The van der Waals surface area contributed by atoms with Crippen molar-refractivity contribution in [1.82, 2.24) is 5.32 Å². The van der Waals surface area contributed by atoms with Gasteiger partial charge in [0.2, 0.25) is 0 Å². The molecule has 1 aromatic rings. The summed E-state index contributed by atoms with van der Waals surface area (Å²) in [5.41, 5.74) is 5.78. The van der Waals surface area contributed by atoms with E-state index in [2.05, 4.69) is 59.0 Å². The summed E-state index contributed by atoms with van der Waals surface area (Å²) < 4.78 is 0. The van der Waals surface area contributed by atoms with Crippen molar-refractivity contribution in [3.63, 3.8) is 0 Å². The maximum atomic E-state index is 3.70. The highest BCUT2D eigenvalue weighted by Crippen LogP contribution is 2.30. The predicted octanol–water partition coefficient (Wildman–Crippen LogP) is 5.09. The van der Waals surface area contributed by atoms with Gasteiger partial charge in [0.25, 0.3) is 0 Å². The van der Waals surface area contributed by atoms with Crippen LogP contribution in [-0.4, -0.2) is 6.54 Å². The van der Waals surface area contributed by atoms with Crippen molar-refractivity contribution in [2.75, 3.05) is 6.54 Å². The normalized spacial score (nSPS) is 13.0. The largest absolute Gasteiger partial charge is 0.310 e. The van der Waals surface area contributed by atoms with E-state index >= 15 is 0 Å². The summed E-state index contributed by atoms with van der Waals surface area (Å²) in [5, 5.41) is 3.70. The molecule has 0 saturated heterocycles. The molecule has 1 rings (SSSR count). The monoisotopic (exact) mass is 261 g/mol. The number of aryl methyl sites for hydroxylation is 3. The molecule has 1 unspecified atom stereocenters. The second kappa shape index (κ2) is 7.69. The van der Waals surface area contributed by atoms with Crippen LogP contribution in [0.25, 0.3) is 0 Å². The molecule has 0 aliphatic carbocycles. The molecule has 1 nitrogen and oxygen atoms in total. The first-order chi connectivity index (χ1) is 9.03. The van der Waals surface area contributed by atoms with E-state index in [1.165, 1.54) is 41.5 Å². The Morgan fingerprint density at radius 3 is 1.89 bits per heavy atom. The van der Waals surface area contributed by atoms with Gasteiger partial charge in [-0.25, -0.2) is 0 Å². The Hall–Kier alpha value is -0.820. The Morgan fingerprint density at radius 2 is 1.47 bits per heavy atom. The highest BCUT2D eigenvalue weighted by Gasteiger charge is 2.19. The minimum atomic E-state index is 0.510. The molecule has 1 aromatic carbocycles. The molecule has 0 fully saturated rings. The van der Waals surface area contributed by atoms with Crippen LogP contribution in [0, 0.1) is 26.7 Å². The third-order valence-electron chi connectivity index (χ3n) is 4.26. The van der Waals surface area contributed by atoms with Crippen LogP contribution in [0.3, 0.4) is 0 Å². The highest BCUT2D eigenvalue weighted by atomic mass is 14.9. The topological polar surface area (TPSA) is 12.0 Å². The summed E-state index contributed by atoms with van der Waals surface area (Å²) in [6.07, 6.45) is 3.82. The number of rotatable bonds is 7. The van der Waals surface area contributed by atoms with Crippen molar-refractivity contribution in [2.24, 2.45) is 5.92 Å². The van der Waals surface area contributed by atoms with Crippen LogP contribution in [0.15, 0.2) is 12.1 Å². The summed E-state index contributed by atoms with van der Waals surface area (Å²) >= 11 is 0. The molecule has 0 aromatic heterocycles. The van der Waals surface area contributed by atoms with Crippen LogP contribution < -0.4 is 5.32 Å². The summed E-state index contributed by atoms with van der Waals surface area (Å²) in [5.74, 6) is 0.823. The summed E-state index contributed by atoms with van der Waals surface area (Å²) in [6, 6.07) is 5.15. The van der Waals surface area contributed by atoms with Crippen molar-refractivity contribution in [1.29, 1.82) is 0 Å². The number of hydrogen-bond donors (Lipinski definition) is 1. The van der Waals surface area contributed by atoms with Crippen molar-refractivity contribution >= 4 is 0 Å². The maximum absolute atomic E-state index is 3.70. The number of benzene rings is 1. The van der Waals surface area contributed by atoms with Crippen LogP contribution in [0.2, 0.25) is 0 Å². The number of hydrogen-bond acceptors (Lipinski definition) is 1. The highest BCUT2D eigenvalue weighted by molar-refractivity contribution is 5.39. The molecular weight excluding hydrogens is 230 g/mol. The van der Waals surface area contributed by atoms with Gasteiger partial charge in [-0.1, -0.05) is 51.3 Å². The van der Waals surface area contributed by atoms with E-state index in [1.54, 1.807) is 0 Å². The Bertz CT molecular complexity index is 368. The van der Waals surface area contributed by atoms with E-state index in [9.17, 15) is 0 Å². The summed E-state index contributed by atoms with van der Waals surface area (Å²) in [7, 11) is 0. The van der Waals surface area contributed by atoms with Crippen molar-refractivity contribution in [2.45, 2.75) is 66.8 Å². The maximum Gasteiger partial charge on any atom is 0.0328 e. The summed E-state index contributed by atoms with van der Waals surface area (Å²) in [4.78, 5) is 0. The Balaban J connectivity index is 3.05. The Labute approximate surface area is 119 Å². The van der Waals surface area contributed by atoms with E-state index < -0.39 is 0 Å². The molecule has 0 bridgehead atoms. The van der Waals surface area contributed by atoms with Gasteiger partial charge < -0.3 is 5.32 Å². The van der Waals surface area contributed by atoms with E-state index in [1.807, 2.05) is 0 Å². The van der Waals surface area contributed by atoms with Gasteiger partial charge in [-0.3, -0.25) is 0 Å². The molecule has 0 heterocycles. The predicted molar refractivity (Wildman–Crippen MR) is 85.8 cm³/mol.